The molecule has 0 aliphatic rings. The number of rotatable bonds is 18. The summed E-state index contributed by atoms with van der Waals surface area (Å²) in [6.45, 7) is 13.5. The highest BCUT2D eigenvalue weighted by atomic mass is 31.0. The van der Waals surface area contributed by atoms with Crippen LogP contribution in [0.25, 0.3) is 21.8 Å². The number of aromatic nitrogens is 4. The number of methoxy groups -OCH3 is 2. The van der Waals surface area contributed by atoms with Crippen LogP contribution in [-0.4, -0.2) is 105 Å². The van der Waals surface area contributed by atoms with E-state index < -0.39 is 5.97 Å². The lowest BCUT2D eigenvalue weighted by Crippen LogP contribution is -2.35. The fourth-order valence-corrected chi connectivity index (χ4v) is 6.33. The van der Waals surface area contributed by atoms with E-state index in [0.717, 1.165) is 12.8 Å². The van der Waals surface area contributed by atoms with Crippen molar-refractivity contribution in [3.8, 4) is 11.5 Å². The average molecular weight is 881 g/mol. The molecule has 0 fully saturated rings. The Labute approximate surface area is 373 Å². The van der Waals surface area contributed by atoms with Crippen LogP contribution in [0.4, 0.5) is 0 Å². The van der Waals surface area contributed by atoms with Gasteiger partial charge in [-0.25, -0.2) is 0 Å². The van der Waals surface area contributed by atoms with Gasteiger partial charge >= 0.3 is 12.6 Å². The van der Waals surface area contributed by atoms with Crippen LogP contribution in [0.2, 0.25) is 6.82 Å². The Morgan fingerprint density at radius 2 is 1.06 bits per heavy atom. The number of amides is 1. The predicted octanol–water partition coefficient (Wildman–Crippen LogP) is 7.65. The molecule has 0 aliphatic heterocycles. The molecule has 0 radical (unpaired) electrons. The van der Waals surface area contributed by atoms with E-state index >= 15 is 0 Å². The average Bonchev–Trinajstić information content (AvgIpc) is 3.83. The number of hydrogen-bond donors (Lipinski definition) is 3. The first-order valence-corrected chi connectivity index (χ1v) is 21.9. The SMILES string of the molecule is CB(O)P.CCCN(CCC)C(=O)Cn1nc(C(=O)c2ccccc2)c2ccc(OC)cc21.CCCNCCC.COc1ccc2c(C(=O)c3ccccc3)nn(CC(=O)O)c2c1. The lowest BCUT2D eigenvalue weighted by molar-refractivity contribution is -0.137. The van der Waals surface area contributed by atoms with Crippen LogP contribution in [0.15, 0.2) is 97.1 Å². The smallest absolute Gasteiger partial charge is 0.325 e. The van der Waals surface area contributed by atoms with E-state index in [4.69, 9.17) is 19.6 Å². The third kappa shape index (κ3) is 15.8. The maximum atomic E-state index is 13.1. The maximum absolute atomic E-state index is 13.1. The summed E-state index contributed by atoms with van der Waals surface area (Å²) in [6, 6.07) is 28.4. The Morgan fingerprint density at radius 1 is 0.667 bits per heavy atom. The van der Waals surface area contributed by atoms with E-state index in [9.17, 15) is 19.2 Å². The fourth-order valence-electron chi connectivity index (χ4n) is 6.33. The van der Waals surface area contributed by atoms with Crippen LogP contribution in [0, 0.1) is 0 Å². The number of benzene rings is 4. The summed E-state index contributed by atoms with van der Waals surface area (Å²) >= 11 is 0. The molecular weight excluding hydrogens is 818 g/mol. The number of carbonyl (C=O) groups excluding carboxylic acids is 3. The maximum Gasteiger partial charge on any atom is 0.325 e. The molecule has 63 heavy (non-hydrogen) atoms. The molecular formula is C47H62BN6O8P. The standard InChI is InChI=1S/C23H27N3O3.C17H14N2O4.C6H15N.CH6BOP/c1-4-13-25(14-5-2)21(27)16-26-20-15-18(29-3)11-12-19(20)22(24-26)23(28)17-9-7-6-8-10-17;1-23-12-7-8-13-14(9-12)19(10-15(20)21)18-16(13)17(22)11-5-3-2-4-6-11;1-3-5-7-6-4-2;1-2(3)4/h6-12,15H,4-5,13-14,16H2,1-3H3;2-9H,10H2,1H3,(H,20,21);7H,3-6H2,1-2H3;3H,4H2,1H3. The summed E-state index contributed by atoms with van der Waals surface area (Å²) in [4.78, 5) is 51.5. The zero-order valence-electron chi connectivity index (χ0n) is 37.5. The van der Waals surface area contributed by atoms with Gasteiger partial charge in [0.25, 0.3) is 0 Å². The fraction of sp³-hybridized carbons (Fsp3) is 0.362. The molecule has 2 heterocycles. The van der Waals surface area contributed by atoms with Crippen molar-refractivity contribution in [2.75, 3.05) is 40.4 Å². The van der Waals surface area contributed by atoms with E-state index in [1.165, 1.54) is 37.7 Å². The molecule has 0 spiro atoms. The van der Waals surface area contributed by atoms with Crippen molar-refractivity contribution in [3.05, 3.63) is 120 Å². The van der Waals surface area contributed by atoms with Gasteiger partial charge in [0.1, 0.15) is 36.0 Å². The Bertz CT molecular complexity index is 2340. The second-order valence-corrected chi connectivity index (χ2v) is 15.4. The second kappa shape index (κ2) is 27.2. The zero-order chi connectivity index (χ0) is 46.3. The van der Waals surface area contributed by atoms with Crippen LogP contribution < -0.4 is 14.8 Å². The molecule has 6 rings (SSSR count). The minimum absolute atomic E-state index is 0.000343. The number of ketones is 2. The molecule has 1 atom stereocenters. The largest absolute Gasteiger partial charge is 0.497 e. The van der Waals surface area contributed by atoms with Crippen molar-refractivity contribution in [1.82, 2.24) is 29.8 Å². The summed E-state index contributed by atoms with van der Waals surface area (Å²) in [5.41, 5.74) is 2.91. The highest BCUT2D eigenvalue weighted by molar-refractivity contribution is 7.59. The molecule has 0 bridgehead atoms. The minimum Gasteiger partial charge on any atom is -0.497 e. The molecule has 1 unspecified atom stereocenters. The quantitative estimate of drug-likeness (QED) is 0.0334. The molecule has 14 nitrogen and oxygen atoms in total. The second-order valence-electron chi connectivity index (χ2n) is 14.4. The third-order valence-corrected chi connectivity index (χ3v) is 9.18. The van der Waals surface area contributed by atoms with Gasteiger partial charge in [0.2, 0.25) is 17.5 Å². The van der Waals surface area contributed by atoms with Gasteiger partial charge in [0.05, 0.1) is 25.3 Å². The van der Waals surface area contributed by atoms with Gasteiger partial charge in [-0.2, -0.15) is 10.2 Å². The van der Waals surface area contributed by atoms with Crippen molar-refractivity contribution in [3.63, 3.8) is 0 Å². The van der Waals surface area contributed by atoms with Gasteiger partial charge in [0, 0.05) is 47.1 Å². The summed E-state index contributed by atoms with van der Waals surface area (Å²) in [7, 11) is 5.33. The summed E-state index contributed by atoms with van der Waals surface area (Å²) in [5.74, 6) is -0.210. The van der Waals surface area contributed by atoms with Gasteiger partial charge in [0.15, 0.2) is 0 Å². The van der Waals surface area contributed by atoms with Gasteiger partial charge in [-0.15, -0.1) is 9.12 Å². The van der Waals surface area contributed by atoms with Gasteiger partial charge in [-0.3, -0.25) is 28.5 Å². The van der Waals surface area contributed by atoms with E-state index in [2.05, 4.69) is 52.3 Å². The Morgan fingerprint density at radius 3 is 1.41 bits per heavy atom. The van der Waals surface area contributed by atoms with Crippen molar-refractivity contribution >= 4 is 61.0 Å². The number of carbonyl (C=O) groups is 4. The van der Waals surface area contributed by atoms with Crippen LogP contribution in [0.3, 0.4) is 0 Å². The molecule has 1 amide bonds. The lowest BCUT2D eigenvalue weighted by Gasteiger charge is -2.21. The van der Waals surface area contributed by atoms with E-state index in [1.54, 1.807) is 79.3 Å². The number of ether oxygens (including phenoxy) is 2. The summed E-state index contributed by atoms with van der Waals surface area (Å²) in [5, 5.41) is 30.4. The van der Waals surface area contributed by atoms with Crippen LogP contribution in [-0.2, 0) is 22.7 Å². The highest BCUT2D eigenvalue weighted by Gasteiger charge is 2.23. The van der Waals surface area contributed by atoms with Gasteiger partial charge in [-0.1, -0.05) is 95.2 Å². The number of nitrogens with one attached hydrogen (secondary N) is 1. The van der Waals surface area contributed by atoms with Crippen LogP contribution in [0.5, 0.6) is 11.5 Å². The molecule has 2 aromatic heterocycles. The minimum atomic E-state index is -1.03. The number of carboxylic acids is 1. The molecule has 3 N–H and O–H groups in total. The number of nitrogens with zero attached hydrogens (tertiary/aromatic N) is 5. The van der Waals surface area contributed by atoms with Crippen molar-refractivity contribution in [2.45, 2.75) is 73.3 Å². The monoisotopic (exact) mass is 880 g/mol. The Kier molecular flexibility index (Phi) is 22.2. The van der Waals surface area contributed by atoms with Crippen molar-refractivity contribution in [1.29, 1.82) is 0 Å². The van der Waals surface area contributed by atoms with E-state index in [1.807, 2.05) is 41.3 Å². The molecule has 0 saturated carbocycles. The van der Waals surface area contributed by atoms with Gasteiger partial charge < -0.3 is 29.8 Å². The highest BCUT2D eigenvalue weighted by Crippen LogP contribution is 2.27. The number of aliphatic carboxylic acids is 1. The first-order valence-electron chi connectivity index (χ1n) is 21.3. The molecule has 0 saturated heterocycles. The molecule has 6 aromatic rings. The van der Waals surface area contributed by atoms with E-state index in [0.29, 0.717) is 63.2 Å². The molecule has 4 aromatic carbocycles. The third-order valence-electron chi connectivity index (χ3n) is 9.18. The topological polar surface area (TPSA) is 178 Å². The number of hydrogen-bond acceptors (Lipinski definition) is 10. The molecule has 0 aliphatic carbocycles. The zero-order valence-corrected chi connectivity index (χ0v) is 38.7. The predicted molar refractivity (Wildman–Crippen MR) is 254 cm³/mol. The first-order chi connectivity index (χ1) is 30.3. The van der Waals surface area contributed by atoms with Crippen molar-refractivity contribution in [2.24, 2.45) is 0 Å². The normalized spacial score (nSPS) is 10.4. The van der Waals surface area contributed by atoms with Gasteiger partial charge in [-0.05, 0) is 63.0 Å². The Balaban J connectivity index is 0.000000275. The summed E-state index contributed by atoms with van der Waals surface area (Å²) in [6.07, 6.45) is 4.30. The van der Waals surface area contributed by atoms with Crippen molar-refractivity contribution < 1.29 is 38.8 Å². The number of fused-ring (bicyclic) bond motifs is 2. The van der Waals surface area contributed by atoms with Crippen LogP contribution in [0.1, 0.15) is 85.5 Å². The number of carboxylic acid groups (broad SMARTS) is 1. The lowest BCUT2D eigenvalue weighted by atomic mass is 10.1. The van der Waals surface area contributed by atoms with E-state index in [-0.39, 0.29) is 42.9 Å². The first kappa shape index (κ1) is 51.5. The molecule has 16 heteroatoms. The Hall–Kier alpha value is -5.89. The molecule has 336 valence electrons. The van der Waals surface area contributed by atoms with Crippen LogP contribution >= 0.6 is 9.12 Å². The summed E-state index contributed by atoms with van der Waals surface area (Å²) < 4.78 is 13.4.